The van der Waals surface area contributed by atoms with Crippen molar-refractivity contribution in [1.29, 1.82) is 0 Å². The van der Waals surface area contributed by atoms with E-state index in [1.54, 1.807) is 18.2 Å². The van der Waals surface area contributed by atoms with Crippen molar-refractivity contribution in [3.8, 4) is 11.5 Å². The van der Waals surface area contributed by atoms with Gasteiger partial charge in [0, 0.05) is 11.3 Å². The van der Waals surface area contributed by atoms with Crippen molar-refractivity contribution in [1.82, 2.24) is 5.43 Å². The van der Waals surface area contributed by atoms with Crippen LogP contribution in [0.1, 0.15) is 37.0 Å². The SMILES string of the molecule is CCCC(C)=NNC(=O)c1ccc2c(c1)OCO2. The highest BCUT2D eigenvalue weighted by Crippen LogP contribution is 2.32. The van der Waals surface area contributed by atoms with Crippen molar-refractivity contribution in [2.45, 2.75) is 26.7 Å². The van der Waals surface area contributed by atoms with Gasteiger partial charge in [-0.15, -0.1) is 0 Å². The first kappa shape index (κ1) is 12.4. The quantitative estimate of drug-likeness (QED) is 0.657. The number of rotatable bonds is 4. The van der Waals surface area contributed by atoms with Crippen LogP contribution in [0.3, 0.4) is 0 Å². The topological polar surface area (TPSA) is 59.9 Å². The summed E-state index contributed by atoms with van der Waals surface area (Å²) in [5.74, 6) is 1.01. The van der Waals surface area contributed by atoms with Crippen molar-refractivity contribution >= 4 is 11.6 Å². The van der Waals surface area contributed by atoms with Crippen LogP contribution >= 0.6 is 0 Å². The maximum Gasteiger partial charge on any atom is 0.271 e. The minimum atomic E-state index is -0.247. The Hall–Kier alpha value is -2.04. The van der Waals surface area contributed by atoms with Crippen LogP contribution in [0.5, 0.6) is 11.5 Å². The van der Waals surface area contributed by atoms with Gasteiger partial charge < -0.3 is 9.47 Å². The van der Waals surface area contributed by atoms with E-state index in [0.717, 1.165) is 18.6 Å². The molecule has 0 spiro atoms. The zero-order valence-electron chi connectivity index (χ0n) is 10.5. The molecule has 5 nitrogen and oxygen atoms in total. The number of fused-ring (bicyclic) bond motifs is 1. The summed E-state index contributed by atoms with van der Waals surface area (Å²) in [6.45, 7) is 4.16. The average Bonchev–Trinajstić information content (AvgIpc) is 2.83. The summed E-state index contributed by atoms with van der Waals surface area (Å²) in [4.78, 5) is 11.8. The number of hydrogen-bond donors (Lipinski definition) is 1. The number of ether oxygens (including phenoxy) is 2. The molecule has 0 radical (unpaired) electrons. The first-order chi connectivity index (χ1) is 8.70. The predicted molar refractivity (Wildman–Crippen MR) is 68.0 cm³/mol. The van der Waals surface area contributed by atoms with Gasteiger partial charge in [-0.3, -0.25) is 4.79 Å². The number of hydrazone groups is 1. The number of carbonyl (C=O) groups excluding carboxylic acids is 1. The summed E-state index contributed by atoms with van der Waals surface area (Å²) in [5, 5.41) is 4.03. The number of nitrogens with zero attached hydrogens (tertiary/aromatic N) is 1. The van der Waals surface area contributed by atoms with Gasteiger partial charge >= 0.3 is 0 Å². The Morgan fingerprint density at radius 3 is 2.94 bits per heavy atom. The molecule has 18 heavy (non-hydrogen) atoms. The Morgan fingerprint density at radius 2 is 2.17 bits per heavy atom. The zero-order valence-corrected chi connectivity index (χ0v) is 10.5. The van der Waals surface area contributed by atoms with E-state index in [-0.39, 0.29) is 12.7 Å². The lowest BCUT2D eigenvalue weighted by atomic mass is 10.2. The van der Waals surface area contributed by atoms with E-state index in [4.69, 9.17) is 9.47 Å². The fourth-order valence-corrected chi connectivity index (χ4v) is 1.67. The van der Waals surface area contributed by atoms with Gasteiger partial charge in [0.25, 0.3) is 5.91 Å². The smallest absolute Gasteiger partial charge is 0.271 e. The lowest BCUT2D eigenvalue weighted by Gasteiger charge is -2.03. The van der Waals surface area contributed by atoms with Crippen LogP contribution in [0.4, 0.5) is 0 Å². The molecule has 2 rings (SSSR count). The first-order valence-corrected chi connectivity index (χ1v) is 5.94. The molecule has 1 amide bonds. The van der Waals surface area contributed by atoms with Gasteiger partial charge in [-0.05, 0) is 31.5 Å². The third kappa shape index (κ3) is 2.80. The molecule has 0 saturated heterocycles. The summed E-state index contributed by atoms with van der Waals surface area (Å²) in [5.41, 5.74) is 3.94. The molecule has 0 saturated carbocycles. The first-order valence-electron chi connectivity index (χ1n) is 5.94. The molecule has 0 bridgehead atoms. The number of carbonyl (C=O) groups is 1. The molecule has 1 heterocycles. The molecular weight excluding hydrogens is 232 g/mol. The van der Waals surface area contributed by atoms with Crippen molar-refractivity contribution in [3.05, 3.63) is 23.8 Å². The average molecular weight is 248 g/mol. The van der Waals surface area contributed by atoms with E-state index < -0.39 is 0 Å². The standard InChI is InChI=1S/C13H16N2O3/c1-3-4-9(2)14-15-13(16)10-5-6-11-12(7-10)18-8-17-11/h5-7H,3-4,8H2,1-2H3,(H,15,16). The highest BCUT2D eigenvalue weighted by molar-refractivity contribution is 5.95. The van der Waals surface area contributed by atoms with E-state index >= 15 is 0 Å². The Morgan fingerprint density at radius 1 is 1.39 bits per heavy atom. The fourth-order valence-electron chi connectivity index (χ4n) is 1.67. The van der Waals surface area contributed by atoms with Gasteiger partial charge in [-0.25, -0.2) is 5.43 Å². The number of benzene rings is 1. The van der Waals surface area contributed by atoms with Gasteiger partial charge in [-0.1, -0.05) is 13.3 Å². The summed E-state index contributed by atoms with van der Waals surface area (Å²) in [7, 11) is 0. The maximum absolute atomic E-state index is 11.8. The van der Waals surface area contributed by atoms with E-state index in [9.17, 15) is 4.79 Å². The van der Waals surface area contributed by atoms with Gasteiger partial charge in [0.2, 0.25) is 6.79 Å². The van der Waals surface area contributed by atoms with Gasteiger partial charge in [0.05, 0.1) is 0 Å². The van der Waals surface area contributed by atoms with Crippen molar-refractivity contribution < 1.29 is 14.3 Å². The molecular formula is C13H16N2O3. The molecule has 1 aliphatic rings. The second-order valence-corrected chi connectivity index (χ2v) is 4.11. The van der Waals surface area contributed by atoms with Crippen molar-refractivity contribution in [2.75, 3.05) is 6.79 Å². The summed E-state index contributed by atoms with van der Waals surface area (Å²) in [6, 6.07) is 5.07. The maximum atomic E-state index is 11.8. The second kappa shape index (κ2) is 5.53. The van der Waals surface area contributed by atoms with Gasteiger partial charge in [0.1, 0.15) is 0 Å². The number of nitrogens with one attached hydrogen (secondary N) is 1. The van der Waals surface area contributed by atoms with E-state index in [1.807, 2.05) is 6.92 Å². The molecule has 1 aromatic rings. The molecule has 1 N–H and O–H groups in total. The molecule has 0 aromatic heterocycles. The lowest BCUT2D eigenvalue weighted by Crippen LogP contribution is -2.18. The summed E-state index contributed by atoms with van der Waals surface area (Å²) in [6.07, 6.45) is 1.89. The molecule has 0 atom stereocenters. The fraction of sp³-hybridized carbons (Fsp3) is 0.385. The van der Waals surface area contributed by atoms with Crippen molar-refractivity contribution in [3.63, 3.8) is 0 Å². The third-order valence-corrected chi connectivity index (χ3v) is 2.59. The summed E-state index contributed by atoms with van der Waals surface area (Å²) >= 11 is 0. The largest absolute Gasteiger partial charge is 0.454 e. The predicted octanol–water partition coefficient (Wildman–Crippen LogP) is 2.32. The molecule has 0 aliphatic carbocycles. The van der Waals surface area contributed by atoms with Crippen LogP contribution in [0.25, 0.3) is 0 Å². The third-order valence-electron chi connectivity index (χ3n) is 2.59. The van der Waals surface area contributed by atoms with Crippen LogP contribution in [0.15, 0.2) is 23.3 Å². The van der Waals surface area contributed by atoms with Crippen molar-refractivity contribution in [2.24, 2.45) is 5.10 Å². The number of hydrogen-bond acceptors (Lipinski definition) is 4. The minimum Gasteiger partial charge on any atom is -0.454 e. The molecule has 1 aromatic carbocycles. The lowest BCUT2D eigenvalue weighted by molar-refractivity contribution is 0.0954. The second-order valence-electron chi connectivity index (χ2n) is 4.11. The summed E-state index contributed by atoms with van der Waals surface area (Å²) < 4.78 is 10.4. The van der Waals surface area contributed by atoms with E-state index in [1.165, 1.54) is 0 Å². The molecule has 0 fully saturated rings. The Bertz CT molecular complexity index is 483. The van der Waals surface area contributed by atoms with Gasteiger partial charge in [-0.2, -0.15) is 5.10 Å². The molecule has 1 aliphatic heterocycles. The van der Waals surface area contributed by atoms with Crippen LogP contribution in [0.2, 0.25) is 0 Å². The van der Waals surface area contributed by atoms with Gasteiger partial charge in [0.15, 0.2) is 11.5 Å². The molecule has 5 heteroatoms. The zero-order chi connectivity index (χ0) is 13.0. The van der Waals surface area contributed by atoms with Crippen LogP contribution in [-0.2, 0) is 0 Å². The monoisotopic (exact) mass is 248 g/mol. The highest BCUT2D eigenvalue weighted by Gasteiger charge is 2.15. The Labute approximate surface area is 106 Å². The van der Waals surface area contributed by atoms with E-state index in [0.29, 0.717) is 17.1 Å². The van der Waals surface area contributed by atoms with Crippen LogP contribution in [-0.4, -0.2) is 18.4 Å². The molecule has 96 valence electrons. The minimum absolute atomic E-state index is 0.203. The Kier molecular flexibility index (Phi) is 3.82. The molecule has 0 unspecified atom stereocenters. The highest BCUT2D eigenvalue weighted by atomic mass is 16.7. The van der Waals surface area contributed by atoms with Crippen LogP contribution < -0.4 is 14.9 Å². The Balaban J connectivity index is 2.03. The van der Waals surface area contributed by atoms with Crippen LogP contribution in [0, 0.1) is 0 Å². The normalized spacial score (nSPS) is 13.6. The van der Waals surface area contributed by atoms with E-state index in [2.05, 4.69) is 17.5 Å². The number of amides is 1.